The first-order chi connectivity index (χ1) is 11.2. The molecule has 2 aromatic rings. The molecule has 2 aromatic carbocycles. The zero-order chi connectivity index (χ0) is 16.5. The number of amides is 2. The van der Waals surface area contributed by atoms with Gasteiger partial charge in [0.2, 0.25) is 0 Å². The highest BCUT2D eigenvalue weighted by molar-refractivity contribution is 5.73. The summed E-state index contributed by atoms with van der Waals surface area (Å²) in [6.07, 6.45) is 0.770. The Balaban J connectivity index is 1.61. The van der Waals surface area contributed by atoms with E-state index < -0.39 is 0 Å². The van der Waals surface area contributed by atoms with Crippen LogP contribution in [0.4, 0.5) is 4.79 Å². The van der Waals surface area contributed by atoms with Gasteiger partial charge in [-0.05, 0) is 37.0 Å². The predicted molar refractivity (Wildman–Crippen MR) is 92.7 cm³/mol. The van der Waals surface area contributed by atoms with E-state index in [1.165, 1.54) is 0 Å². The smallest absolute Gasteiger partial charge is 0.315 e. The Morgan fingerprint density at radius 3 is 2.35 bits per heavy atom. The van der Waals surface area contributed by atoms with E-state index in [1.54, 1.807) is 0 Å². The van der Waals surface area contributed by atoms with E-state index in [9.17, 15) is 4.79 Å². The van der Waals surface area contributed by atoms with Gasteiger partial charge in [0.1, 0.15) is 5.75 Å². The van der Waals surface area contributed by atoms with Crippen LogP contribution in [-0.4, -0.2) is 19.2 Å². The van der Waals surface area contributed by atoms with Gasteiger partial charge in [0, 0.05) is 13.1 Å². The van der Waals surface area contributed by atoms with E-state index in [0.29, 0.717) is 19.7 Å². The first-order valence-electron chi connectivity index (χ1n) is 7.91. The summed E-state index contributed by atoms with van der Waals surface area (Å²) in [6, 6.07) is 15.8. The summed E-state index contributed by atoms with van der Waals surface area (Å²) in [5.74, 6) is 0.945. The maximum Gasteiger partial charge on any atom is 0.315 e. The highest BCUT2D eigenvalue weighted by Crippen LogP contribution is 2.22. The summed E-state index contributed by atoms with van der Waals surface area (Å²) in [5, 5.41) is 5.67. The fourth-order valence-corrected chi connectivity index (χ4v) is 2.32. The molecule has 0 saturated heterocycles. The Kier molecular flexibility index (Phi) is 6.48. The van der Waals surface area contributed by atoms with Gasteiger partial charge in [0.05, 0.1) is 6.61 Å². The number of urea groups is 1. The average molecular weight is 312 g/mol. The lowest BCUT2D eigenvalue weighted by molar-refractivity contribution is 0.238. The van der Waals surface area contributed by atoms with Crippen LogP contribution in [0.2, 0.25) is 0 Å². The largest absolute Gasteiger partial charge is 0.493 e. The standard InChI is InChI=1S/C19H24N2O2/c1-15-8-6-9-16(2)18(15)23-13-7-12-20-19(22)21-14-17-10-4-3-5-11-17/h3-6,8-11H,7,12-14H2,1-2H3,(H2,20,21,22). The number of para-hydroxylation sites is 1. The Morgan fingerprint density at radius 1 is 0.957 bits per heavy atom. The molecular weight excluding hydrogens is 288 g/mol. The number of benzene rings is 2. The summed E-state index contributed by atoms with van der Waals surface area (Å²) in [4.78, 5) is 11.7. The molecule has 0 aliphatic rings. The van der Waals surface area contributed by atoms with E-state index in [2.05, 4.69) is 10.6 Å². The number of nitrogens with one attached hydrogen (secondary N) is 2. The molecule has 0 radical (unpaired) electrons. The maximum atomic E-state index is 11.7. The van der Waals surface area contributed by atoms with E-state index in [-0.39, 0.29) is 6.03 Å². The first-order valence-corrected chi connectivity index (χ1v) is 7.91. The van der Waals surface area contributed by atoms with Crippen molar-refractivity contribution >= 4 is 6.03 Å². The summed E-state index contributed by atoms with van der Waals surface area (Å²) >= 11 is 0. The van der Waals surface area contributed by atoms with Crippen molar-refractivity contribution in [2.45, 2.75) is 26.8 Å². The van der Waals surface area contributed by atoms with Crippen molar-refractivity contribution < 1.29 is 9.53 Å². The van der Waals surface area contributed by atoms with Crippen molar-refractivity contribution in [3.63, 3.8) is 0 Å². The molecule has 0 unspecified atom stereocenters. The molecule has 0 spiro atoms. The topological polar surface area (TPSA) is 50.4 Å². The molecule has 2 rings (SSSR count). The van der Waals surface area contributed by atoms with E-state index >= 15 is 0 Å². The van der Waals surface area contributed by atoms with Crippen LogP contribution >= 0.6 is 0 Å². The van der Waals surface area contributed by atoms with Crippen LogP contribution in [-0.2, 0) is 6.54 Å². The first kappa shape index (κ1) is 16.9. The van der Waals surface area contributed by atoms with Gasteiger partial charge in [-0.2, -0.15) is 0 Å². The summed E-state index contributed by atoms with van der Waals surface area (Å²) in [6.45, 7) is 5.79. The summed E-state index contributed by atoms with van der Waals surface area (Å²) < 4.78 is 5.81. The van der Waals surface area contributed by atoms with Gasteiger partial charge in [-0.15, -0.1) is 0 Å². The zero-order valence-electron chi connectivity index (χ0n) is 13.8. The third-order valence-corrected chi connectivity index (χ3v) is 3.56. The maximum absolute atomic E-state index is 11.7. The molecule has 2 N–H and O–H groups in total. The van der Waals surface area contributed by atoms with Gasteiger partial charge in [-0.25, -0.2) is 4.79 Å². The fraction of sp³-hybridized carbons (Fsp3) is 0.316. The molecule has 0 fully saturated rings. The molecule has 0 heterocycles. The van der Waals surface area contributed by atoms with Crippen LogP contribution < -0.4 is 15.4 Å². The number of rotatable bonds is 7. The molecule has 4 nitrogen and oxygen atoms in total. The number of hydrogen-bond acceptors (Lipinski definition) is 2. The minimum atomic E-state index is -0.152. The minimum Gasteiger partial charge on any atom is -0.493 e. The van der Waals surface area contributed by atoms with Gasteiger partial charge in [-0.1, -0.05) is 48.5 Å². The van der Waals surface area contributed by atoms with Crippen LogP contribution in [0.3, 0.4) is 0 Å². The number of aryl methyl sites for hydroxylation is 2. The Morgan fingerprint density at radius 2 is 1.65 bits per heavy atom. The van der Waals surface area contributed by atoms with E-state index in [4.69, 9.17) is 4.74 Å². The normalized spacial score (nSPS) is 10.2. The van der Waals surface area contributed by atoms with Crippen LogP contribution in [0.1, 0.15) is 23.1 Å². The van der Waals surface area contributed by atoms with Crippen molar-refractivity contribution in [3.8, 4) is 5.75 Å². The summed E-state index contributed by atoms with van der Waals surface area (Å²) in [5.41, 5.74) is 3.36. The molecule has 2 amide bonds. The number of ether oxygens (including phenoxy) is 1. The van der Waals surface area contributed by atoms with Crippen molar-refractivity contribution in [2.75, 3.05) is 13.2 Å². The molecule has 0 atom stereocenters. The Labute approximate surface area is 137 Å². The molecule has 4 heteroatoms. The average Bonchev–Trinajstić information content (AvgIpc) is 2.56. The molecule has 0 aliphatic heterocycles. The highest BCUT2D eigenvalue weighted by Gasteiger charge is 2.03. The quantitative estimate of drug-likeness (QED) is 0.768. The second-order valence-electron chi connectivity index (χ2n) is 5.52. The van der Waals surface area contributed by atoms with Gasteiger partial charge < -0.3 is 15.4 Å². The van der Waals surface area contributed by atoms with E-state index in [1.807, 2.05) is 62.4 Å². The van der Waals surface area contributed by atoms with Crippen molar-refractivity contribution in [3.05, 3.63) is 65.2 Å². The SMILES string of the molecule is Cc1cccc(C)c1OCCCNC(=O)NCc1ccccc1. The van der Waals surface area contributed by atoms with Crippen molar-refractivity contribution in [2.24, 2.45) is 0 Å². The van der Waals surface area contributed by atoms with Gasteiger partial charge in [0.15, 0.2) is 0 Å². The van der Waals surface area contributed by atoms with E-state index in [0.717, 1.165) is 28.9 Å². The second-order valence-corrected chi connectivity index (χ2v) is 5.52. The Hall–Kier alpha value is -2.49. The van der Waals surface area contributed by atoms with Crippen molar-refractivity contribution in [1.29, 1.82) is 0 Å². The highest BCUT2D eigenvalue weighted by atomic mass is 16.5. The van der Waals surface area contributed by atoms with Gasteiger partial charge in [-0.3, -0.25) is 0 Å². The number of hydrogen-bond donors (Lipinski definition) is 2. The van der Waals surface area contributed by atoms with Gasteiger partial charge in [0.25, 0.3) is 0 Å². The molecular formula is C19H24N2O2. The van der Waals surface area contributed by atoms with Crippen LogP contribution in [0, 0.1) is 13.8 Å². The van der Waals surface area contributed by atoms with Crippen molar-refractivity contribution in [1.82, 2.24) is 10.6 Å². The molecule has 0 aliphatic carbocycles. The monoisotopic (exact) mass is 312 g/mol. The lowest BCUT2D eigenvalue weighted by atomic mass is 10.1. The molecule has 0 saturated carbocycles. The van der Waals surface area contributed by atoms with Crippen LogP contribution in [0.5, 0.6) is 5.75 Å². The van der Waals surface area contributed by atoms with Crippen LogP contribution in [0.25, 0.3) is 0 Å². The molecule has 23 heavy (non-hydrogen) atoms. The minimum absolute atomic E-state index is 0.152. The van der Waals surface area contributed by atoms with Crippen LogP contribution in [0.15, 0.2) is 48.5 Å². The molecule has 0 bridgehead atoms. The third-order valence-electron chi connectivity index (χ3n) is 3.56. The number of carbonyl (C=O) groups excluding carboxylic acids is 1. The number of carbonyl (C=O) groups is 1. The Bertz CT molecular complexity index is 606. The third kappa shape index (κ3) is 5.66. The predicted octanol–water partition coefficient (Wildman–Crippen LogP) is 3.57. The zero-order valence-corrected chi connectivity index (χ0v) is 13.8. The van der Waals surface area contributed by atoms with Gasteiger partial charge >= 0.3 is 6.03 Å². The lowest BCUT2D eigenvalue weighted by Gasteiger charge is -2.12. The lowest BCUT2D eigenvalue weighted by Crippen LogP contribution is -2.36. The second kappa shape index (κ2) is 8.83. The molecule has 0 aromatic heterocycles. The summed E-state index contributed by atoms with van der Waals surface area (Å²) in [7, 11) is 0. The molecule has 122 valence electrons. The fourth-order valence-electron chi connectivity index (χ4n) is 2.32.